The van der Waals surface area contributed by atoms with Gasteiger partial charge in [-0.2, -0.15) is 0 Å². The molecule has 0 aliphatic carbocycles. The van der Waals surface area contributed by atoms with Crippen molar-refractivity contribution in [2.75, 3.05) is 37.5 Å². The summed E-state index contributed by atoms with van der Waals surface area (Å²) in [6.07, 6.45) is 0.647. The fourth-order valence-corrected chi connectivity index (χ4v) is 3.54. The largest absolute Gasteiger partial charge is 0.452 e. The van der Waals surface area contributed by atoms with Gasteiger partial charge in [-0.05, 0) is 48.9 Å². The van der Waals surface area contributed by atoms with Crippen LogP contribution in [0.15, 0.2) is 53.4 Å². The molecule has 0 aliphatic rings. The van der Waals surface area contributed by atoms with Gasteiger partial charge in [-0.15, -0.1) is 0 Å². The molecule has 0 heterocycles. The molecule has 9 heteroatoms. The molecule has 0 aliphatic heterocycles. The number of nitrogens with zero attached hydrogens (tertiary/aromatic N) is 1. The SMILES string of the molecule is CCCNS(=O)(=O)c1cccc(C(=O)OCC(=O)Nc2ccc(N(C)C)cc2)c1. The van der Waals surface area contributed by atoms with Gasteiger partial charge in [0.2, 0.25) is 10.0 Å². The zero-order chi connectivity index (χ0) is 21.4. The number of benzene rings is 2. The second-order valence-electron chi connectivity index (χ2n) is 6.49. The van der Waals surface area contributed by atoms with Crippen LogP contribution < -0.4 is 14.9 Å². The van der Waals surface area contributed by atoms with Gasteiger partial charge >= 0.3 is 5.97 Å². The molecule has 0 saturated heterocycles. The summed E-state index contributed by atoms with van der Waals surface area (Å²) in [5, 5.41) is 2.63. The lowest BCUT2D eigenvalue weighted by Gasteiger charge is -2.13. The van der Waals surface area contributed by atoms with Crippen molar-refractivity contribution in [3.8, 4) is 0 Å². The molecule has 1 amide bonds. The summed E-state index contributed by atoms with van der Waals surface area (Å²) in [4.78, 5) is 26.1. The van der Waals surface area contributed by atoms with Crippen LogP contribution in [0.2, 0.25) is 0 Å². The Labute approximate surface area is 170 Å². The van der Waals surface area contributed by atoms with Gasteiger partial charge in [-0.25, -0.2) is 17.9 Å². The van der Waals surface area contributed by atoms with Crippen molar-refractivity contribution < 1.29 is 22.7 Å². The van der Waals surface area contributed by atoms with Gasteiger partial charge in [-0.1, -0.05) is 13.0 Å². The van der Waals surface area contributed by atoms with Gasteiger partial charge in [0, 0.05) is 32.0 Å². The average molecular weight is 420 g/mol. The number of nitrogens with one attached hydrogen (secondary N) is 2. The topological polar surface area (TPSA) is 105 Å². The van der Waals surface area contributed by atoms with E-state index in [9.17, 15) is 18.0 Å². The van der Waals surface area contributed by atoms with Crippen molar-refractivity contribution in [1.29, 1.82) is 0 Å². The molecule has 29 heavy (non-hydrogen) atoms. The maximum Gasteiger partial charge on any atom is 0.338 e. The van der Waals surface area contributed by atoms with Crippen molar-refractivity contribution in [1.82, 2.24) is 4.72 Å². The molecule has 156 valence electrons. The van der Waals surface area contributed by atoms with Crippen LogP contribution in [0.3, 0.4) is 0 Å². The lowest BCUT2D eigenvalue weighted by atomic mass is 10.2. The molecule has 2 N–H and O–H groups in total. The van der Waals surface area contributed by atoms with Crippen molar-refractivity contribution >= 4 is 33.3 Å². The molecule has 8 nitrogen and oxygen atoms in total. The number of carbonyl (C=O) groups excluding carboxylic acids is 2. The van der Waals surface area contributed by atoms with Crippen LogP contribution in [0, 0.1) is 0 Å². The second-order valence-corrected chi connectivity index (χ2v) is 8.26. The monoisotopic (exact) mass is 419 g/mol. The van der Waals surface area contributed by atoms with Gasteiger partial charge in [0.05, 0.1) is 10.5 Å². The number of hydrogen-bond donors (Lipinski definition) is 2. The predicted octanol–water partition coefficient (Wildman–Crippen LogP) is 2.24. The third-order valence-electron chi connectivity index (χ3n) is 3.92. The van der Waals surface area contributed by atoms with Gasteiger partial charge in [-0.3, -0.25) is 4.79 Å². The summed E-state index contributed by atoms with van der Waals surface area (Å²) in [6.45, 7) is 1.66. The Morgan fingerprint density at radius 3 is 2.38 bits per heavy atom. The third kappa shape index (κ3) is 6.58. The Bertz CT molecular complexity index is 956. The van der Waals surface area contributed by atoms with Crippen LogP contribution in [0.25, 0.3) is 0 Å². The minimum absolute atomic E-state index is 0.0363. The molecule has 2 rings (SSSR count). The molecule has 0 atom stereocenters. The van der Waals surface area contributed by atoms with Crippen LogP contribution in [0.4, 0.5) is 11.4 Å². The van der Waals surface area contributed by atoms with Gasteiger partial charge in [0.15, 0.2) is 6.61 Å². The number of amides is 1. The van der Waals surface area contributed by atoms with Gasteiger partial charge in [0.1, 0.15) is 0 Å². The van der Waals surface area contributed by atoms with E-state index in [0.29, 0.717) is 18.7 Å². The first-order valence-corrected chi connectivity index (χ1v) is 10.6. The average Bonchev–Trinajstić information content (AvgIpc) is 2.71. The second kappa shape index (κ2) is 10.0. The molecule has 0 saturated carbocycles. The highest BCUT2D eigenvalue weighted by Crippen LogP contribution is 2.16. The molecule has 2 aromatic carbocycles. The normalized spacial score (nSPS) is 11.0. The Morgan fingerprint density at radius 1 is 1.07 bits per heavy atom. The van der Waals surface area contributed by atoms with Crippen LogP contribution in [0.1, 0.15) is 23.7 Å². The summed E-state index contributed by atoms with van der Waals surface area (Å²) >= 11 is 0. The fourth-order valence-electron chi connectivity index (χ4n) is 2.36. The number of anilines is 2. The molecule has 0 radical (unpaired) electrons. The first-order valence-electron chi connectivity index (χ1n) is 9.07. The van der Waals surface area contributed by atoms with Gasteiger partial charge in [0.25, 0.3) is 5.91 Å². The van der Waals surface area contributed by atoms with E-state index in [-0.39, 0.29) is 10.5 Å². The fraction of sp³-hybridized carbons (Fsp3) is 0.300. The third-order valence-corrected chi connectivity index (χ3v) is 5.38. The molecule has 0 bridgehead atoms. The van der Waals surface area contributed by atoms with Crippen LogP contribution in [-0.2, 0) is 19.6 Å². The summed E-state index contributed by atoms with van der Waals surface area (Å²) in [5.41, 5.74) is 1.61. The standard InChI is InChI=1S/C20H25N3O5S/c1-4-12-21-29(26,27)18-7-5-6-15(13-18)20(25)28-14-19(24)22-16-8-10-17(11-9-16)23(2)3/h5-11,13,21H,4,12,14H2,1-3H3,(H,22,24). The molecule has 0 fully saturated rings. The molecular weight excluding hydrogens is 394 g/mol. The minimum atomic E-state index is -3.70. The van der Waals surface area contributed by atoms with Crippen LogP contribution in [-0.4, -0.2) is 47.5 Å². The number of carbonyl (C=O) groups is 2. The zero-order valence-electron chi connectivity index (χ0n) is 16.6. The van der Waals surface area contributed by atoms with Crippen molar-refractivity contribution in [3.05, 3.63) is 54.1 Å². The van der Waals surface area contributed by atoms with E-state index in [1.807, 2.05) is 38.1 Å². The highest BCUT2D eigenvalue weighted by Gasteiger charge is 2.17. The minimum Gasteiger partial charge on any atom is -0.452 e. The van der Waals surface area contributed by atoms with Crippen LogP contribution >= 0.6 is 0 Å². The predicted molar refractivity (Wildman–Crippen MR) is 112 cm³/mol. The molecule has 0 aromatic heterocycles. The summed E-state index contributed by atoms with van der Waals surface area (Å²) in [5.74, 6) is -1.28. The highest BCUT2D eigenvalue weighted by atomic mass is 32.2. The maximum atomic E-state index is 12.2. The number of ether oxygens (including phenoxy) is 1. The molecule has 0 spiro atoms. The smallest absolute Gasteiger partial charge is 0.338 e. The Hall–Kier alpha value is -2.91. The molecule has 2 aromatic rings. The van der Waals surface area contributed by atoms with Crippen molar-refractivity contribution in [2.24, 2.45) is 0 Å². The van der Waals surface area contributed by atoms with Crippen molar-refractivity contribution in [3.63, 3.8) is 0 Å². The van der Waals surface area contributed by atoms with E-state index >= 15 is 0 Å². The quantitative estimate of drug-likeness (QED) is 0.604. The lowest BCUT2D eigenvalue weighted by molar-refractivity contribution is -0.119. The maximum absolute atomic E-state index is 12.2. The Morgan fingerprint density at radius 2 is 1.76 bits per heavy atom. The Kier molecular flexibility index (Phi) is 7.74. The van der Waals surface area contributed by atoms with Crippen LogP contribution in [0.5, 0.6) is 0 Å². The number of sulfonamides is 1. The van der Waals surface area contributed by atoms with E-state index in [0.717, 1.165) is 5.69 Å². The van der Waals surface area contributed by atoms with E-state index in [1.54, 1.807) is 12.1 Å². The summed E-state index contributed by atoms with van der Waals surface area (Å²) in [7, 11) is 0.119. The van der Waals surface area contributed by atoms with E-state index in [2.05, 4.69) is 10.0 Å². The molecule has 0 unspecified atom stereocenters. The van der Waals surface area contributed by atoms with E-state index in [1.165, 1.54) is 24.3 Å². The number of esters is 1. The molecular formula is C20H25N3O5S. The number of rotatable bonds is 9. The summed E-state index contributed by atoms with van der Waals surface area (Å²) in [6, 6.07) is 12.7. The Balaban J connectivity index is 1.95. The zero-order valence-corrected chi connectivity index (χ0v) is 17.5. The number of hydrogen-bond acceptors (Lipinski definition) is 6. The van der Waals surface area contributed by atoms with E-state index < -0.39 is 28.5 Å². The highest BCUT2D eigenvalue weighted by molar-refractivity contribution is 7.89. The summed E-state index contributed by atoms with van der Waals surface area (Å²) < 4.78 is 31.8. The van der Waals surface area contributed by atoms with Crippen molar-refractivity contribution in [2.45, 2.75) is 18.2 Å². The lowest BCUT2D eigenvalue weighted by Crippen LogP contribution is -2.25. The van der Waals surface area contributed by atoms with E-state index in [4.69, 9.17) is 4.74 Å². The first-order chi connectivity index (χ1) is 13.7. The first kappa shape index (κ1) is 22.4. The van der Waals surface area contributed by atoms with Gasteiger partial charge < -0.3 is 15.0 Å².